The molecule has 106 valence electrons. The van der Waals surface area contributed by atoms with Crippen molar-refractivity contribution in [1.82, 2.24) is 0 Å². The Morgan fingerprint density at radius 2 is 1.65 bits per heavy atom. The van der Waals surface area contributed by atoms with Gasteiger partial charge in [0, 0.05) is 18.8 Å². The molecule has 3 heteroatoms. The van der Waals surface area contributed by atoms with Gasteiger partial charge in [0.2, 0.25) is 0 Å². The molecule has 0 saturated heterocycles. The van der Waals surface area contributed by atoms with E-state index in [0.717, 1.165) is 11.3 Å². The molecule has 0 bridgehead atoms. The van der Waals surface area contributed by atoms with Gasteiger partial charge in [0.25, 0.3) is 0 Å². The standard InChI is InChI=1S/C17H21FN2/c1-11-7-12(2)9-15(8-11)20(4)17-6-5-14(13(3)19)10-16(17)18/h5-10,13H,19H2,1-4H3/t13-/m1/s1. The van der Waals surface area contributed by atoms with E-state index in [2.05, 4.69) is 6.07 Å². The lowest BCUT2D eigenvalue weighted by Gasteiger charge is -2.22. The molecule has 2 nitrogen and oxygen atoms in total. The van der Waals surface area contributed by atoms with Gasteiger partial charge >= 0.3 is 0 Å². The average Bonchev–Trinajstić information content (AvgIpc) is 2.36. The molecule has 2 N–H and O–H groups in total. The number of rotatable bonds is 3. The average molecular weight is 272 g/mol. The number of benzene rings is 2. The van der Waals surface area contributed by atoms with Crippen LogP contribution in [0.5, 0.6) is 0 Å². The van der Waals surface area contributed by atoms with Gasteiger partial charge in [-0.25, -0.2) is 4.39 Å². The molecule has 2 rings (SSSR count). The number of anilines is 2. The zero-order chi connectivity index (χ0) is 14.9. The second-order valence-corrected chi connectivity index (χ2v) is 5.40. The third-order valence-electron chi connectivity index (χ3n) is 3.45. The van der Waals surface area contributed by atoms with E-state index < -0.39 is 0 Å². The molecule has 0 saturated carbocycles. The van der Waals surface area contributed by atoms with Crippen LogP contribution in [-0.4, -0.2) is 7.05 Å². The Labute approximate surface area is 120 Å². The number of nitrogens with two attached hydrogens (primary N) is 1. The fraction of sp³-hybridized carbons (Fsp3) is 0.294. The zero-order valence-electron chi connectivity index (χ0n) is 12.4. The van der Waals surface area contributed by atoms with E-state index in [9.17, 15) is 4.39 Å². The second kappa shape index (κ2) is 5.63. The smallest absolute Gasteiger partial charge is 0.147 e. The van der Waals surface area contributed by atoms with E-state index >= 15 is 0 Å². The van der Waals surface area contributed by atoms with Crippen LogP contribution in [0.1, 0.15) is 29.7 Å². The van der Waals surface area contributed by atoms with Crippen LogP contribution >= 0.6 is 0 Å². The normalized spacial score (nSPS) is 12.3. The van der Waals surface area contributed by atoms with Crippen LogP contribution in [0.15, 0.2) is 36.4 Å². The fourth-order valence-corrected chi connectivity index (χ4v) is 2.36. The molecule has 0 fully saturated rings. The minimum atomic E-state index is -0.249. The molecule has 0 aromatic heterocycles. The van der Waals surface area contributed by atoms with Crippen molar-refractivity contribution in [1.29, 1.82) is 0 Å². The van der Waals surface area contributed by atoms with Gasteiger partial charge in [-0.1, -0.05) is 12.1 Å². The van der Waals surface area contributed by atoms with Gasteiger partial charge < -0.3 is 10.6 Å². The summed E-state index contributed by atoms with van der Waals surface area (Å²) in [5.74, 6) is -0.249. The summed E-state index contributed by atoms with van der Waals surface area (Å²) in [6, 6.07) is 11.2. The first-order chi connectivity index (χ1) is 9.38. The van der Waals surface area contributed by atoms with Crippen molar-refractivity contribution in [3.8, 4) is 0 Å². The van der Waals surface area contributed by atoms with Crippen LogP contribution in [0.3, 0.4) is 0 Å². The highest BCUT2D eigenvalue weighted by molar-refractivity contribution is 5.64. The largest absolute Gasteiger partial charge is 0.342 e. The van der Waals surface area contributed by atoms with Crippen molar-refractivity contribution < 1.29 is 4.39 Å². The Bertz CT molecular complexity index is 600. The summed E-state index contributed by atoms with van der Waals surface area (Å²) >= 11 is 0. The fourth-order valence-electron chi connectivity index (χ4n) is 2.36. The third-order valence-corrected chi connectivity index (χ3v) is 3.45. The summed E-state index contributed by atoms with van der Waals surface area (Å²) in [6.45, 7) is 5.93. The summed E-state index contributed by atoms with van der Waals surface area (Å²) in [5.41, 5.74) is 10.5. The van der Waals surface area contributed by atoms with Crippen molar-refractivity contribution >= 4 is 11.4 Å². The van der Waals surface area contributed by atoms with E-state index in [1.54, 1.807) is 6.07 Å². The van der Waals surface area contributed by atoms with E-state index in [1.807, 2.05) is 50.9 Å². The van der Waals surface area contributed by atoms with Gasteiger partial charge in [0.05, 0.1) is 5.69 Å². The molecule has 0 heterocycles. The first-order valence-electron chi connectivity index (χ1n) is 6.75. The minimum Gasteiger partial charge on any atom is -0.342 e. The van der Waals surface area contributed by atoms with Crippen LogP contribution in [-0.2, 0) is 0 Å². The molecular formula is C17H21FN2. The predicted molar refractivity (Wildman–Crippen MR) is 83.0 cm³/mol. The van der Waals surface area contributed by atoms with Crippen LogP contribution in [0.4, 0.5) is 15.8 Å². The van der Waals surface area contributed by atoms with Crippen molar-refractivity contribution in [3.05, 3.63) is 58.9 Å². The number of hydrogen-bond acceptors (Lipinski definition) is 2. The van der Waals surface area contributed by atoms with Crippen molar-refractivity contribution in [3.63, 3.8) is 0 Å². The van der Waals surface area contributed by atoms with Crippen LogP contribution in [0.25, 0.3) is 0 Å². The van der Waals surface area contributed by atoms with E-state index in [1.165, 1.54) is 17.2 Å². The van der Waals surface area contributed by atoms with Crippen LogP contribution in [0.2, 0.25) is 0 Å². The minimum absolute atomic E-state index is 0.162. The molecule has 0 aliphatic rings. The molecule has 0 aliphatic carbocycles. The summed E-state index contributed by atoms with van der Waals surface area (Å²) in [5, 5.41) is 0. The van der Waals surface area contributed by atoms with Gasteiger partial charge in [-0.05, 0) is 61.7 Å². The number of aryl methyl sites for hydroxylation is 2. The molecule has 0 unspecified atom stereocenters. The molecule has 20 heavy (non-hydrogen) atoms. The van der Waals surface area contributed by atoms with E-state index in [4.69, 9.17) is 5.73 Å². The third kappa shape index (κ3) is 2.99. The molecule has 0 amide bonds. The molecule has 0 spiro atoms. The van der Waals surface area contributed by atoms with Gasteiger partial charge in [-0.2, -0.15) is 0 Å². The maximum Gasteiger partial charge on any atom is 0.147 e. The Balaban J connectivity index is 2.40. The summed E-state index contributed by atoms with van der Waals surface area (Å²) in [4.78, 5) is 1.86. The highest BCUT2D eigenvalue weighted by atomic mass is 19.1. The van der Waals surface area contributed by atoms with E-state index in [0.29, 0.717) is 5.69 Å². The first-order valence-corrected chi connectivity index (χ1v) is 6.75. The molecule has 2 aromatic carbocycles. The lowest BCUT2D eigenvalue weighted by atomic mass is 10.1. The Morgan fingerprint density at radius 3 is 2.15 bits per heavy atom. The Kier molecular flexibility index (Phi) is 4.09. The first kappa shape index (κ1) is 14.5. The highest BCUT2D eigenvalue weighted by Crippen LogP contribution is 2.29. The second-order valence-electron chi connectivity index (χ2n) is 5.40. The van der Waals surface area contributed by atoms with Gasteiger partial charge in [0.15, 0.2) is 0 Å². The maximum atomic E-state index is 14.3. The number of hydrogen-bond donors (Lipinski definition) is 1. The lowest BCUT2D eigenvalue weighted by molar-refractivity contribution is 0.622. The monoisotopic (exact) mass is 272 g/mol. The number of nitrogens with zero attached hydrogens (tertiary/aromatic N) is 1. The zero-order valence-corrected chi connectivity index (χ0v) is 12.4. The summed E-state index contributed by atoms with van der Waals surface area (Å²) in [6.07, 6.45) is 0. The molecule has 0 aliphatic heterocycles. The lowest BCUT2D eigenvalue weighted by Crippen LogP contribution is -2.13. The maximum absolute atomic E-state index is 14.3. The van der Waals surface area contributed by atoms with E-state index in [-0.39, 0.29) is 11.9 Å². The SMILES string of the molecule is Cc1cc(C)cc(N(C)c2ccc([C@@H](C)N)cc2F)c1. The Morgan fingerprint density at radius 1 is 1.05 bits per heavy atom. The van der Waals surface area contributed by atoms with Crippen LogP contribution in [0, 0.1) is 19.7 Å². The molecule has 2 aromatic rings. The quantitative estimate of drug-likeness (QED) is 0.906. The summed E-state index contributed by atoms with van der Waals surface area (Å²) < 4.78 is 14.3. The number of halogens is 1. The van der Waals surface area contributed by atoms with Crippen molar-refractivity contribution in [2.75, 3.05) is 11.9 Å². The Hall–Kier alpha value is -1.87. The van der Waals surface area contributed by atoms with Gasteiger partial charge in [-0.3, -0.25) is 0 Å². The van der Waals surface area contributed by atoms with Gasteiger partial charge in [0.1, 0.15) is 5.82 Å². The van der Waals surface area contributed by atoms with Crippen molar-refractivity contribution in [2.45, 2.75) is 26.8 Å². The predicted octanol–water partition coefficient (Wildman–Crippen LogP) is 4.23. The molecule has 0 radical (unpaired) electrons. The topological polar surface area (TPSA) is 29.3 Å². The van der Waals surface area contributed by atoms with Crippen LogP contribution < -0.4 is 10.6 Å². The highest BCUT2D eigenvalue weighted by Gasteiger charge is 2.12. The molecule has 1 atom stereocenters. The molecular weight excluding hydrogens is 251 g/mol. The van der Waals surface area contributed by atoms with Crippen molar-refractivity contribution in [2.24, 2.45) is 5.73 Å². The summed E-state index contributed by atoms with van der Waals surface area (Å²) in [7, 11) is 1.87. The van der Waals surface area contributed by atoms with Gasteiger partial charge in [-0.15, -0.1) is 0 Å².